The van der Waals surface area contributed by atoms with Gasteiger partial charge in [-0.3, -0.25) is 4.79 Å². The average molecular weight is 344 g/mol. The molecular weight excluding hydrogens is 320 g/mol. The van der Waals surface area contributed by atoms with Crippen molar-refractivity contribution in [1.82, 2.24) is 10.3 Å². The largest absolute Gasteiger partial charge is 0.493 e. The van der Waals surface area contributed by atoms with Crippen LogP contribution in [-0.4, -0.2) is 38.3 Å². The molecule has 1 amide bonds. The number of rotatable bonds is 8. The number of nitrogens with one attached hydrogen (secondary N) is 1. The molecule has 0 bridgehead atoms. The minimum absolute atomic E-state index is 0.197. The predicted molar refractivity (Wildman–Crippen MR) is 95.2 cm³/mol. The second-order valence-electron chi connectivity index (χ2n) is 5.61. The van der Waals surface area contributed by atoms with Crippen LogP contribution in [0, 0.1) is 6.92 Å². The highest BCUT2D eigenvalue weighted by Crippen LogP contribution is 2.30. The fourth-order valence-electron chi connectivity index (χ4n) is 2.33. The zero-order chi connectivity index (χ0) is 18.2. The summed E-state index contributed by atoms with van der Waals surface area (Å²) in [5, 5.41) is 2.94. The zero-order valence-corrected chi connectivity index (χ0v) is 15.0. The molecule has 2 aromatic rings. The van der Waals surface area contributed by atoms with E-state index < -0.39 is 0 Å². The van der Waals surface area contributed by atoms with Gasteiger partial charge in [0.15, 0.2) is 11.5 Å². The Labute approximate surface area is 148 Å². The third kappa shape index (κ3) is 5.19. The molecule has 2 rings (SSSR count). The van der Waals surface area contributed by atoms with Crippen molar-refractivity contribution in [3.05, 3.63) is 53.3 Å². The molecule has 0 saturated carbocycles. The van der Waals surface area contributed by atoms with Gasteiger partial charge in [0.1, 0.15) is 12.3 Å². The molecule has 6 heteroatoms. The monoisotopic (exact) mass is 344 g/mol. The predicted octanol–water partition coefficient (Wildman–Crippen LogP) is 2.91. The van der Waals surface area contributed by atoms with Crippen LogP contribution in [-0.2, 0) is 4.74 Å². The Morgan fingerprint density at radius 2 is 1.96 bits per heavy atom. The Balaban J connectivity index is 2.08. The van der Waals surface area contributed by atoms with Crippen molar-refractivity contribution in [2.24, 2.45) is 0 Å². The van der Waals surface area contributed by atoms with Crippen molar-refractivity contribution in [2.75, 3.05) is 27.4 Å². The summed E-state index contributed by atoms with van der Waals surface area (Å²) in [5.74, 6) is 1.04. The first kappa shape index (κ1) is 18.7. The first-order chi connectivity index (χ1) is 12.0. The normalized spacial score (nSPS) is 11.7. The lowest BCUT2D eigenvalue weighted by atomic mass is 10.1. The van der Waals surface area contributed by atoms with Crippen LogP contribution < -0.4 is 14.8 Å². The molecule has 1 atom stereocenters. The molecule has 0 saturated heterocycles. The highest BCUT2D eigenvalue weighted by molar-refractivity contribution is 5.92. The number of pyridine rings is 1. The van der Waals surface area contributed by atoms with Gasteiger partial charge >= 0.3 is 0 Å². The number of hydrogen-bond acceptors (Lipinski definition) is 5. The van der Waals surface area contributed by atoms with E-state index >= 15 is 0 Å². The Kier molecular flexibility index (Phi) is 6.77. The van der Waals surface area contributed by atoms with Crippen LogP contribution in [0.5, 0.6) is 11.5 Å². The first-order valence-electron chi connectivity index (χ1n) is 8.09. The maximum absolute atomic E-state index is 12.3. The van der Waals surface area contributed by atoms with E-state index in [0.29, 0.717) is 30.4 Å². The molecule has 25 heavy (non-hydrogen) atoms. The van der Waals surface area contributed by atoms with E-state index in [9.17, 15) is 4.79 Å². The second kappa shape index (κ2) is 9.03. The van der Waals surface area contributed by atoms with E-state index in [2.05, 4.69) is 10.3 Å². The quantitative estimate of drug-likeness (QED) is 0.746. The summed E-state index contributed by atoms with van der Waals surface area (Å²) in [5.41, 5.74) is 2.12. The van der Waals surface area contributed by atoms with Crippen LogP contribution in [0.25, 0.3) is 0 Å². The molecule has 0 fully saturated rings. The minimum Gasteiger partial charge on any atom is -0.493 e. The molecular formula is C19H24N2O4. The lowest BCUT2D eigenvalue weighted by Crippen LogP contribution is -2.27. The third-order valence-corrected chi connectivity index (χ3v) is 3.70. The molecule has 6 nitrogen and oxygen atoms in total. The van der Waals surface area contributed by atoms with Crippen LogP contribution >= 0.6 is 0 Å². The van der Waals surface area contributed by atoms with Gasteiger partial charge in [0.2, 0.25) is 0 Å². The first-order valence-corrected chi connectivity index (χ1v) is 8.09. The van der Waals surface area contributed by atoms with Crippen LogP contribution in [0.2, 0.25) is 0 Å². The molecule has 0 spiro atoms. The second-order valence-corrected chi connectivity index (χ2v) is 5.61. The number of carbonyl (C=O) groups is 1. The van der Waals surface area contributed by atoms with Crippen molar-refractivity contribution < 1.29 is 19.0 Å². The smallest absolute Gasteiger partial charge is 0.270 e. The summed E-state index contributed by atoms with van der Waals surface area (Å²) >= 11 is 0. The van der Waals surface area contributed by atoms with Crippen molar-refractivity contribution >= 4 is 5.91 Å². The van der Waals surface area contributed by atoms with Crippen molar-refractivity contribution in [1.29, 1.82) is 0 Å². The van der Waals surface area contributed by atoms with E-state index in [0.717, 1.165) is 11.3 Å². The number of benzene rings is 1. The van der Waals surface area contributed by atoms with E-state index in [1.807, 2.05) is 44.2 Å². The summed E-state index contributed by atoms with van der Waals surface area (Å²) in [4.78, 5) is 16.6. The van der Waals surface area contributed by atoms with Crippen molar-refractivity contribution in [2.45, 2.75) is 19.9 Å². The highest BCUT2D eigenvalue weighted by Gasteiger charge is 2.15. The summed E-state index contributed by atoms with van der Waals surface area (Å²) < 4.78 is 16.0. The Bertz CT molecular complexity index is 718. The van der Waals surface area contributed by atoms with Crippen LogP contribution in [0.4, 0.5) is 0 Å². The fourth-order valence-corrected chi connectivity index (χ4v) is 2.33. The maximum Gasteiger partial charge on any atom is 0.270 e. The van der Waals surface area contributed by atoms with Gasteiger partial charge in [0, 0.05) is 12.8 Å². The van der Waals surface area contributed by atoms with E-state index in [1.54, 1.807) is 20.3 Å². The number of hydrogen-bond donors (Lipinski definition) is 1. The van der Waals surface area contributed by atoms with Gasteiger partial charge in [-0.1, -0.05) is 12.1 Å². The fraction of sp³-hybridized carbons (Fsp3) is 0.368. The molecule has 0 radical (unpaired) electrons. The van der Waals surface area contributed by atoms with Gasteiger partial charge in [-0.15, -0.1) is 0 Å². The topological polar surface area (TPSA) is 69.7 Å². The summed E-state index contributed by atoms with van der Waals surface area (Å²) in [6.07, 6.45) is 0. The molecule has 0 aliphatic rings. The number of aromatic nitrogens is 1. The van der Waals surface area contributed by atoms with Crippen LogP contribution in [0.15, 0.2) is 36.4 Å². The number of nitrogens with zero attached hydrogens (tertiary/aromatic N) is 1. The number of ether oxygens (including phenoxy) is 3. The van der Waals surface area contributed by atoms with Crippen LogP contribution in [0.1, 0.15) is 34.7 Å². The van der Waals surface area contributed by atoms with Gasteiger partial charge in [0.05, 0.1) is 19.8 Å². The summed E-state index contributed by atoms with van der Waals surface area (Å²) in [6, 6.07) is 10.8. The summed E-state index contributed by atoms with van der Waals surface area (Å²) in [7, 11) is 3.21. The molecule has 1 heterocycles. The number of amides is 1. The van der Waals surface area contributed by atoms with Gasteiger partial charge < -0.3 is 19.5 Å². The Hall–Kier alpha value is -2.60. The van der Waals surface area contributed by atoms with E-state index in [4.69, 9.17) is 14.2 Å². The molecule has 1 N–H and O–H groups in total. The molecule has 1 aromatic heterocycles. The number of aryl methyl sites for hydroxylation is 1. The van der Waals surface area contributed by atoms with Gasteiger partial charge in [-0.2, -0.15) is 0 Å². The highest BCUT2D eigenvalue weighted by atomic mass is 16.5. The van der Waals surface area contributed by atoms with Crippen LogP contribution in [0.3, 0.4) is 0 Å². The van der Waals surface area contributed by atoms with Gasteiger partial charge in [-0.05, 0) is 43.7 Å². The maximum atomic E-state index is 12.3. The van der Waals surface area contributed by atoms with E-state index in [-0.39, 0.29) is 11.9 Å². The minimum atomic E-state index is -0.212. The lowest BCUT2D eigenvalue weighted by molar-refractivity contribution is 0.0934. The standard InChI is InChI=1S/C19H24N2O4/c1-13-6-5-7-16(20-13)19(22)21-14(2)15-8-9-17(18(12-15)24-4)25-11-10-23-3/h5-9,12,14H,10-11H2,1-4H3,(H,21,22)/t14-/m0/s1. The number of carbonyl (C=O) groups excluding carboxylic acids is 1. The molecule has 1 aromatic carbocycles. The summed E-state index contributed by atoms with van der Waals surface area (Å²) in [6.45, 7) is 4.71. The Morgan fingerprint density at radius 3 is 2.64 bits per heavy atom. The molecule has 0 unspecified atom stereocenters. The van der Waals surface area contributed by atoms with Gasteiger partial charge in [0.25, 0.3) is 5.91 Å². The number of methoxy groups -OCH3 is 2. The van der Waals surface area contributed by atoms with Crippen molar-refractivity contribution in [3.8, 4) is 11.5 Å². The molecule has 134 valence electrons. The van der Waals surface area contributed by atoms with Gasteiger partial charge in [-0.25, -0.2) is 4.98 Å². The lowest BCUT2D eigenvalue weighted by Gasteiger charge is -2.17. The third-order valence-electron chi connectivity index (χ3n) is 3.70. The SMILES string of the molecule is COCCOc1ccc([C@H](C)NC(=O)c2cccc(C)n2)cc1OC. The average Bonchev–Trinajstić information content (AvgIpc) is 2.62. The zero-order valence-electron chi connectivity index (χ0n) is 15.0. The van der Waals surface area contributed by atoms with E-state index in [1.165, 1.54) is 0 Å². The van der Waals surface area contributed by atoms with Crippen molar-refractivity contribution in [3.63, 3.8) is 0 Å². The Morgan fingerprint density at radius 1 is 1.16 bits per heavy atom. The molecule has 0 aliphatic heterocycles. The molecule has 0 aliphatic carbocycles.